The highest BCUT2D eigenvalue weighted by molar-refractivity contribution is 8.00. The van der Waals surface area contributed by atoms with Crippen LogP contribution < -0.4 is 10.6 Å². The van der Waals surface area contributed by atoms with E-state index in [-0.39, 0.29) is 24.2 Å². The molecule has 1 spiro atoms. The zero-order chi connectivity index (χ0) is 25.9. The quantitative estimate of drug-likeness (QED) is 0.403. The number of anilines is 1. The molecule has 1 saturated heterocycles. The van der Waals surface area contributed by atoms with E-state index in [1.807, 2.05) is 7.05 Å². The van der Waals surface area contributed by atoms with Crippen molar-refractivity contribution in [1.29, 1.82) is 0 Å². The first-order valence-electron chi connectivity index (χ1n) is 12.9. The van der Waals surface area contributed by atoms with Gasteiger partial charge in [-0.3, -0.25) is 9.79 Å². The molecule has 2 N–H and O–H groups in total. The molecule has 0 bridgehead atoms. The smallest absolute Gasteiger partial charge is 0.388 e. The van der Waals surface area contributed by atoms with Gasteiger partial charge in [-0.25, -0.2) is 4.31 Å². The molecule has 4 rings (SSSR count). The van der Waals surface area contributed by atoms with Crippen LogP contribution in [-0.2, 0) is 4.79 Å². The number of hydrogen-bond donors (Lipinski definition) is 2. The van der Waals surface area contributed by atoms with Crippen molar-refractivity contribution in [2.45, 2.75) is 76.9 Å². The van der Waals surface area contributed by atoms with Crippen LogP contribution in [-0.4, -0.2) is 47.9 Å². The summed E-state index contributed by atoms with van der Waals surface area (Å²) >= 11 is 1.68. The van der Waals surface area contributed by atoms with Crippen molar-refractivity contribution in [2.24, 2.45) is 16.8 Å². The second kappa shape index (κ2) is 11.2. The number of rotatable bonds is 7. The van der Waals surface area contributed by atoms with E-state index >= 15 is 0 Å². The third-order valence-corrected chi connectivity index (χ3v) is 8.87. The Morgan fingerprint density at radius 1 is 1.17 bits per heavy atom. The molecule has 1 amide bonds. The second-order valence-corrected chi connectivity index (χ2v) is 11.5. The number of amidine groups is 1. The normalized spacial score (nSPS) is 24.8. The van der Waals surface area contributed by atoms with Gasteiger partial charge in [0.25, 0.3) is 5.91 Å². The molecule has 3 aliphatic rings. The van der Waals surface area contributed by atoms with Crippen LogP contribution in [0.15, 0.2) is 22.5 Å². The van der Waals surface area contributed by atoms with Crippen molar-refractivity contribution < 1.29 is 18.0 Å². The molecule has 198 valence electrons. The molecule has 1 aromatic carbocycles. The summed E-state index contributed by atoms with van der Waals surface area (Å²) in [6.45, 7) is 5.79. The SMILES string of the molecule is CNc1cc(C)c(/C=C/SN2CCC3(CC2)N=C(C2CCC(CCC(F)(F)F)CC2)NC3=O)c(C)c1. The summed E-state index contributed by atoms with van der Waals surface area (Å²) in [5.74, 6) is 1.04. The summed E-state index contributed by atoms with van der Waals surface area (Å²) < 4.78 is 39.9. The minimum atomic E-state index is -4.08. The lowest BCUT2D eigenvalue weighted by molar-refractivity contribution is -0.138. The van der Waals surface area contributed by atoms with Crippen LogP contribution in [0.4, 0.5) is 18.9 Å². The number of hydrogen-bond acceptors (Lipinski definition) is 5. The van der Waals surface area contributed by atoms with E-state index in [1.165, 1.54) is 16.7 Å². The Morgan fingerprint density at radius 2 is 1.81 bits per heavy atom. The molecule has 2 fully saturated rings. The summed E-state index contributed by atoms with van der Waals surface area (Å²) in [7, 11) is 1.92. The Kier molecular flexibility index (Phi) is 8.39. The minimum absolute atomic E-state index is 0.00670. The first kappa shape index (κ1) is 27.0. The summed E-state index contributed by atoms with van der Waals surface area (Å²) in [6, 6.07) is 4.29. The Balaban J connectivity index is 1.28. The Bertz CT molecular complexity index is 984. The Morgan fingerprint density at radius 3 is 2.39 bits per heavy atom. The summed E-state index contributed by atoms with van der Waals surface area (Å²) in [5, 5.41) is 8.35. The molecule has 5 nitrogen and oxygen atoms in total. The lowest BCUT2D eigenvalue weighted by Crippen LogP contribution is -2.47. The third kappa shape index (κ3) is 6.46. The number of aliphatic imine (C=N–C) groups is 1. The molecule has 1 aromatic rings. The summed E-state index contributed by atoms with van der Waals surface area (Å²) in [4.78, 5) is 17.8. The van der Waals surface area contributed by atoms with Gasteiger partial charge >= 0.3 is 6.18 Å². The maximum atomic E-state index is 12.9. The van der Waals surface area contributed by atoms with E-state index < -0.39 is 18.1 Å². The molecule has 36 heavy (non-hydrogen) atoms. The van der Waals surface area contributed by atoms with E-state index in [0.29, 0.717) is 12.8 Å². The van der Waals surface area contributed by atoms with Crippen LogP contribution >= 0.6 is 11.9 Å². The monoisotopic (exact) mass is 522 g/mol. The maximum Gasteiger partial charge on any atom is 0.389 e. The second-order valence-electron chi connectivity index (χ2n) is 10.5. The minimum Gasteiger partial charge on any atom is -0.388 e. The number of halogens is 3. The first-order valence-corrected chi connectivity index (χ1v) is 13.8. The number of benzene rings is 1. The average molecular weight is 523 g/mol. The van der Waals surface area contributed by atoms with Crippen LogP contribution in [0.2, 0.25) is 0 Å². The lowest BCUT2D eigenvalue weighted by Gasteiger charge is -2.34. The van der Waals surface area contributed by atoms with Crippen LogP contribution in [0, 0.1) is 25.7 Å². The van der Waals surface area contributed by atoms with Crippen LogP contribution in [0.3, 0.4) is 0 Å². The molecule has 0 unspecified atom stereocenters. The van der Waals surface area contributed by atoms with Crippen LogP contribution in [0.5, 0.6) is 0 Å². The fourth-order valence-corrected chi connectivity index (χ4v) is 6.46. The van der Waals surface area contributed by atoms with Crippen LogP contribution in [0.25, 0.3) is 6.08 Å². The number of piperidine rings is 1. The van der Waals surface area contributed by atoms with Crippen molar-refractivity contribution >= 4 is 35.5 Å². The molecule has 0 radical (unpaired) electrons. The highest BCUT2D eigenvalue weighted by Gasteiger charge is 2.47. The molecule has 1 saturated carbocycles. The van der Waals surface area contributed by atoms with E-state index in [2.05, 4.69) is 52.4 Å². The predicted octanol–water partition coefficient (Wildman–Crippen LogP) is 6.48. The topological polar surface area (TPSA) is 56.7 Å². The van der Waals surface area contributed by atoms with E-state index in [4.69, 9.17) is 4.99 Å². The molecular formula is C27H37F3N4OS. The van der Waals surface area contributed by atoms with Crippen molar-refractivity contribution in [2.75, 3.05) is 25.5 Å². The average Bonchev–Trinajstić information content (AvgIpc) is 3.16. The first-order chi connectivity index (χ1) is 17.1. The van der Waals surface area contributed by atoms with E-state index in [1.54, 1.807) is 11.9 Å². The van der Waals surface area contributed by atoms with E-state index in [9.17, 15) is 18.0 Å². The molecular weight excluding hydrogens is 485 g/mol. The largest absolute Gasteiger partial charge is 0.389 e. The van der Waals surface area contributed by atoms with Crippen molar-refractivity contribution in [1.82, 2.24) is 9.62 Å². The van der Waals surface area contributed by atoms with E-state index in [0.717, 1.165) is 50.3 Å². The van der Waals surface area contributed by atoms with Gasteiger partial charge in [0.15, 0.2) is 0 Å². The predicted molar refractivity (Wildman–Crippen MR) is 142 cm³/mol. The van der Waals surface area contributed by atoms with Crippen LogP contribution in [0.1, 0.15) is 68.1 Å². The molecule has 0 aromatic heterocycles. The highest BCUT2D eigenvalue weighted by atomic mass is 32.2. The Labute approximate surface area is 216 Å². The van der Waals surface area contributed by atoms with Gasteiger partial charge in [0.1, 0.15) is 11.4 Å². The van der Waals surface area contributed by atoms with Gasteiger partial charge < -0.3 is 10.6 Å². The fraction of sp³-hybridized carbons (Fsp3) is 0.630. The highest BCUT2D eigenvalue weighted by Crippen LogP contribution is 2.38. The summed E-state index contributed by atoms with van der Waals surface area (Å²) in [6.07, 6.45) is 2.10. The number of carbonyl (C=O) groups excluding carboxylic acids is 1. The lowest BCUT2D eigenvalue weighted by atomic mass is 9.79. The van der Waals surface area contributed by atoms with Crippen molar-refractivity contribution in [3.63, 3.8) is 0 Å². The Hall–Kier alpha value is -2.00. The standard InChI is InChI=1S/C27H37F3N4OS/c1-18-16-22(31-3)17-19(2)23(18)9-15-36-34-13-11-26(12-14-34)25(35)32-24(33-26)21-6-4-20(5-7-21)8-10-27(28,29)30/h9,15-17,20-21,31H,4-8,10-14H2,1-3H3,(H,32,33,35)/b15-9+. The third-order valence-electron chi connectivity index (χ3n) is 7.94. The maximum absolute atomic E-state index is 12.9. The zero-order valence-corrected chi connectivity index (χ0v) is 22.2. The number of alkyl halides is 3. The zero-order valence-electron chi connectivity index (χ0n) is 21.4. The van der Waals surface area contributed by atoms with Gasteiger partial charge in [-0.1, -0.05) is 11.9 Å². The van der Waals surface area contributed by atoms with Crippen molar-refractivity contribution in [3.05, 3.63) is 34.2 Å². The molecule has 2 aliphatic heterocycles. The van der Waals surface area contributed by atoms with Gasteiger partial charge in [0, 0.05) is 38.2 Å². The molecule has 1 aliphatic carbocycles. The number of nitrogens with zero attached hydrogens (tertiary/aromatic N) is 2. The number of nitrogens with one attached hydrogen (secondary N) is 2. The number of carbonyl (C=O) groups is 1. The van der Waals surface area contributed by atoms with Gasteiger partial charge in [-0.05, 0) is 105 Å². The molecule has 2 heterocycles. The molecule has 9 heteroatoms. The molecule has 0 atom stereocenters. The fourth-order valence-electron chi connectivity index (χ4n) is 5.69. The van der Waals surface area contributed by atoms with Crippen molar-refractivity contribution in [3.8, 4) is 0 Å². The van der Waals surface area contributed by atoms with Gasteiger partial charge in [0.05, 0.1) is 0 Å². The van der Waals surface area contributed by atoms with Gasteiger partial charge in [-0.2, -0.15) is 13.2 Å². The number of aryl methyl sites for hydroxylation is 2. The summed E-state index contributed by atoms with van der Waals surface area (Å²) in [5.41, 5.74) is 4.12. The van der Waals surface area contributed by atoms with Gasteiger partial charge in [0.2, 0.25) is 0 Å². The number of amides is 1. The van der Waals surface area contributed by atoms with Gasteiger partial charge in [-0.15, -0.1) is 0 Å².